The highest BCUT2D eigenvalue weighted by atomic mass is 16.6. The van der Waals surface area contributed by atoms with Gasteiger partial charge in [0.1, 0.15) is 6.61 Å². The van der Waals surface area contributed by atoms with Crippen LogP contribution in [-0.2, 0) is 17.8 Å². The van der Waals surface area contributed by atoms with E-state index in [1.54, 1.807) is 4.90 Å². The minimum Gasteiger partial charge on any atom is -0.448 e. The van der Waals surface area contributed by atoms with E-state index >= 15 is 0 Å². The topological polar surface area (TPSA) is 34.5 Å². The van der Waals surface area contributed by atoms with Crippen LogP contribution in [0.15, 0.2) is 109 Å². The summed E-state index contributed by atoms with van der Waals surface area (Å²) in [5.41, 5.74) is 8.42. The van der Waals surface area contributed by atoms with Gasteiger partial charge in [-0.25, -0.2) is 4.79 Å². The molecule has 0 spiro atoms. The number of ether oxygens (including phenoxy) is 1. The molecule has 5 aromatic rings. The van der Waals surface area contributed by atoms with Gasteiger partial charge in [0.25, 0.3) is 0 Å². The van der Waals surface area contributed by atoms with Crippen LogP contribution >= 0.6 is 0 Å². The fraction of sp³-hybridized carbons (Fsp3) is 0.156. The summed E-state index contributed by atoms with van der Waals surface area (Å²) in [6, 6.07) is 35.6. The highest BCUT2D eigenvalue weighted by molar-refractivity contribution is 5.84. The molecule has 0 saturated heterocycles. The molecule has 4 aromatic carbocycles. The van der Waals surface area contributed by atoms with Crippen molar-refractivity contribution in [1.29, 1.82) is 0 Å². The average Bonchev–Trinajstić information content (AvgIpc) is 3.43. The molecule has 1 amide bonds. The summed E-state index contributed by atoms with van der Waals surface area (Å²) in [5, 5.41) is 1.16. The number of carbonyl (C=O) groups is 1. The first-order chi connectivity index (χ1) is 17.7. The maximum atomic E-state index is 13.1. The number of aromatic nitrogens is 1. The Morgan fingerprint density at radius 2 is 1.42 bits per heavy atom. The highest BCUT2D eigenvalue weighted by Gasteiger charge is 2.29. The van der Waals surface area contributed by atoms with Crippen molar-refractivity contribution in [2.45, 2.75) is 19.0 Å². The Morgan fingerprint density at radius 3 is 2.14 bits per heavy atom. The summed E-state index contributed by atoms with van der Waals surface area (Å²) in [6.07, 6.45) is 1.85. The maximum absolute atomic E-state index is 13.1. The number of hydrogen-bond donors (Lipinski definition) is 0. The molecule has 0 unspecified atom stereocenters. The van der Waals surface area contributed by atoms with Crippen LogP contribution in [0.4, 0.5) is 4.79 Å². The molecule has 36 heavy (non-hydrogen) atoms. The van der Waals surface area contributed by atoms with Gasteiger partial charge in [-0.1, -0.05) is 97.1 Å². The van der Waals surface area contributed by atoms with E-state index in [-0.39, 0.29) is 12.0 Å². The summed E-state index contributed by atoms with van der Waals surface area (Å²) < 4.78 is 8.12. The first-order valence-electron chi connectivity index (χ1n) is 12.4. The Hall–Kier alpha value is -4.31. The normalized spacial score (nSPS) is 12.4. The van der Waals surface area contributed by atoms with Gasteiger partial charge in [-0.3, -0.25) is 0 Å². The van der Waals surface area contributed by atoms with Crippen molar-refractivity contribution in [3.05, 3.63) is 132 Å². The van der Waals surface area contributed by atoms with Crippen LogP contribution in [0.1, 0.15) is 28.2 Å². The Kier molecular flexibility index (Phi) is 5.78. The van der Waals surface area contributed by atoms with Crippen molar-refractivity contribution in [3.63, 3.8) is 0 Å². The van der Waals surface area contributed by atoms with Gasteiger partial charge in [0.05, 0.1) is 6.54 Å². The quantitative estimate of drug-likeness (QED) is 0.265. The highest BCUT2D eigenvalue weighted by Crippen LogP contribution is 2.44. The summed E-state index contributed by atoms with van der Waals surface area (Å²) in [7, 11) is 1.81. The molecule has 4 heteroatoms. The Balaban J connectivity index is 1.18. The fourth-order valence-electron chi connectivity index (χ4n) is 5.38. The van der Waals surface area contributed by atoms with Crippen LogP contribution < -0.4 is 0 Å². The second-order valence-corrected chi connectivity index (χ2v) is 9.45. The number of rotatable bonds is 6. The molecule has 0 bridgehead atoms. The first kappa shape index (κ1) is 22.2. The van der Waals surface area contributed by atoms with Crippen LogP contribution in [0.5, 0.6) is 0 Å². The number of nitrogens with zero attached hydrogens (tertiary/aromatic N) is 2. The van der Waals surface area contributed by atoms with Gasteiger partial charge in [-0.05, 0) is 39.4 Å². The van der Waals surface area contributed by atoms with Crippen molar-refractivity contribution in [1.82, 2.24) is 9.47 Å². The van der Waals surface area contributed by atoms with E-state index in [1.165, 1.54) is 27.8 Å². The summed E-state index contributed by atoms with van der Waals surface area (Å²) in [6.45, 7) is 1.60. The Bertz CT molecular complexity index is 1490. The molecule has 0 atom stereocenters. The van der Waals surface area contributed by atoms with E-state index in [9.17, 15) is 4.79 Å². The monoisotopic (exact) mass is 472 g/mol. The average molecular weight is 473 g/mol. The van der Waals surface area contributed by atoms with E-state index in [1.807, 2.05) is 19.2 Å². The molecule has 0 aliphatic heterocycles. The molecular weight excluding hydrogens is 444 g/mol. The van der Waals surface area contributed by atoms with Crippen LogP contribution in [0.3, 0.4) is 0 Å². The van der Waals surface area contributed by atoms with E-state index in [0.717, 1.165) is 23.0 Å². The van der Waals surface area contributed by atoms with E-state index in [4.69, 9.17) is 4.74 Å². The number of hydrogen-bond acceptors (Lipinski definition) is 2. The van der Waals surface area contributed by atoms with E-state index in [2.05, 4.69) is 102 Å². The zero-order chi connectivity index (χ0) is 24.5. The van der Waals surface area contributed by atoms with Gasteiger partial charge in [-0.15, -0.1) is 0 Å². The third-order valence-electron chi connectivity index (χ3n) is 7.12. The number of para-hydroxylation sites is 1. The van der Waals surface area contributed by atoms with Crippen LogP contribution in [0.25, 0.3) is 22.0 Å². The van der Waals surface area contributed by atoms with Crippen molar-refractivity contribution < 1.29 is 9.53 Å². The number of amides is 1. The molecular formula is C32H28N2O2. The van der Waals surface area contributed by atoms with Crippen LogP contribution in [0.2, 0.25) is 0 Å². The van der Waals surface area contributed by atoms with Crippen molar-refractivity contribution in [2.75, 3.05) is 13.7 Å². The molecule has 1 heterocycles. The second kappa shape index (κ2) is 9.38. The summed E-state index contributed by atoms with van der Waals surface area (Å²) in [4.78, 5) is 14.7. The minimum atomic E-state index is -0.309. The van der Waals surface area contributed by atoms with Gasteiger partial charge in [0.2, 0.25) is 0 Å². The lowest BCUT2D eigenvalue weighted by Crippen LogP contribution is -2.28. The molecule has 178 valence electrons. The molecule has 0 fully saturated rings. The van der Waals surface area contributed by atoms with Gasteiger partial charge in [0, 0.05) is 36.6 Å². The van der Waals surface area contributed by atoms with Crippen molar-refractivity contribution in [3.8, 4) is 11.1 Å². The number of carbonyl (C=O) groups excluding carboxylic acids is 1. The van der Waals surface area contributed by atoms with Crippen LogP contribution in [-0.4, -0.2) is 29.2 Å². The largest absolute Gasteiger partial charge is 0.448 e. The Morgan fingerprint density at radius 1 is 0.806 bits per heavy atom. The van der Waals surface area contributed by atoms with Gasteiger partial charge < -0.3 is 14.2 Å². The fourth-order valence-corrected chi connectivity index (χ4v) is 5.38. The third kappa shape index (κ3) is 4.05. The summed E-state index contributed by atoms with van der Waals surface area (Å²) in [5.74, 6) is 0.0579. The van der Waals surface area contributed by atoms with Gasteiger partial charge in [0.15, 0.2) is 0 Å². The molecule has 1 aliphatic carbocycles. The molecule has 4 nitrogen and oxygen atoms in total. The first-order valence-corrected chi connectivity index (χ1v) is 12.4. The smallest absolute Gasteiger partial charge is 0.409 e. The molecule has 0 radical (unpaired) electrons. The maximum Gasteiger partial charge on any atom is 0.409 e. The molecule has 0 N–H and O–H groups in total. The lowest BCUT2D eigenvalue weighted by molar-refractivity contribution is 0.106. The van der Waals surface area contributed by atoms with Crippen LogP contribution in [0, 0.1) is 0 Å². The predicted molar refractivity (Wildman–Crippen MR) is 144 cm³/mol. The molecule has 1 aliphatic rings. The lowest BCUT2D eigenvalue weighted by atomic mass is 9.98. The third-order valence-corrected chi connectivity index (χ3v) is 7.12. The standard InChI is InChI=1S/C32H28N2O2/c1-33(20-24-21-34(19-23-11-3-2-4-12-23)31-18-10-9-13-25(24)31)32(35)36-22-30-28-16-7-5-14-26(28)27-15-6-8-17-29(27)30/h2-18,21,30H,19-20,22H2,1H3. The number of fused-ring (bicyclic) bond motifs is 4. The minimum absolute atomic E-state index is 0.0579. The lowest BCUT2D eigenvalue weighted by Gasteiger charge is -2.19. The van der Waals surface area contributed by atoms with E-state index in [0.29, 0.717) is 13.2 Å². The van der Waals surface area contributed by atoms with E-state index < -0.39 is 0 Å². The van der Waals surface area contributed by atoms with Gasteiger partial charge >= 0.3 is 6.09 Å². The van der Waals surface area contributed by atoms with Crippen molar-refractivity contribution in [2.24, 2.45) is 0 Å². The van der Waals surface area contributed by atoms with Gasteiger partial charge in [-0.2, -0.15) is 0 Å². The summed E-state index contributed by atoms with van der Waals surface area (Å²) >= 11 is 0. The molecule has 1 aromatic heterocycles. The molecule has 0 saturated carbocycles. The zero-order valence-corrected chi connectivity index (χ0v) is 20.3. The predicted octanol–water partition coefficient (Wildman–Crippen LogP) is 7.07. The second-order valence-electron chi connectivity index (χ2n) is 9.45. The number of benzene rings is 4. The SMILES string of the molecule is CN(Cc1cn(Cc2ccccc2)c2ccccc12)C(=O)OCC1c2ccccc2-c2ccccc21. The van der Waals surface area contributed by atoms with Crippen molar-refractivity contribution >= 4 is 17.0 Å². The zero-order valence-electron chi connectivity index (χ0n) is 20.3. The molecule has 6 rings (SSSR count). The Labute approximate surface area is 211 Å².